The van der Waals surface area contributed by atoms with Crippen molar-refractivity contribution in [2.75, 3.05) is 42.3 Å². The Morgan fingerprint density at radius 1 is 0.594 bits per heavy atom. The van der Waals surface area contributed by atoms with E-state index in [9.17, 15) is 0 Å². The van der Waals surface area contributed by atoms with Crippen LogP contribution < -0.4 is 16.5 Å². The molecule has 11 heteroatoms. The quantitative estimate of drug-likeness (QED) is 0.184. The van der Waals surface area contributed by atoms with Crippen LogP contribution in [0, 0.1) is 0 Å². The van der Waals surface area contributed by atoms with Gasteiger partial charge in [-0.25, -0.2) is 0 Å². The van der Waals surface area contributed by atoms with Crippen LogP contribution in [-0.4, -0.2) is 91.1 Å². The van der Waals surface area contributed by atoms with Crippen LogP contribution in [-0.2, 0) is 0 Å². The number of hydrazone groups is 3. The van der Waals surface area contributed by atoms with Crippen molar-refractivity contribution >= 4 is 55.8 Å². The van der Waals surface area contributed by atoms with Gasteiger partial charge in [-0.05, 0) is 0 Å². The van der Waals surface area contributed by atoms with Gasteiger partial charge in [-0.3, -0.25) is 0 Å². The van der Waals surface area contributed by atoms with Crippen molar-refractivity contribution in [3.8, 4) is 0 Å². The molecule has 0 saturated carbocycles. The van der Waals surface area contributed by atoms with E-state index in [2.05, 4.69) is 30.4 Å². The van der Waals surface area contributed by atoms with Crippen molar-refractivity contribution in [2.24, 2.45) is 15.3 Å². The van der Waals surface area contributed by atoms with Gasteiger partial charge in [-0.15, -0.1) is 0 Å². The van der Waals surface area contributed by atoms with Gasteiger partial charge in [0.1, 0.15) is 0 Å². The molecule has 0 spiro atoms. The molecule has 0 fully saturated rings. The van der Waals surface area contributed by atoms with Crippen molar-refractivity contribution < 1.29 is 13.3 Å². The Kier molecular flexibility index (Phi) is 7.61. The van der Waals surface area contributed by atoms with Gasteiger partial charge in [0.05, 0.1) is 0 Å². The molecule has 0 bridgehead atoms. The first-order valence-electron chi connectivity index (χ1n) is 9.73. The summed E-state index contributed by atoms with van der Waals surface area (Å²) in [6.45, 7) is 0. The number of hydrogen-bond acceptors (Lipinski definition) is 9. The third-order valence-corrected chi connectivity index (χ3v) is 10.00. The van der Waals surface area contributed by atoms with Gasteiger partial charge in [0.15, 0.2) is 0 Å². The normalized spacial score (nSPS) is 13.9. The van der Waals surface area contributed by atoms with Gasteiger partial charge in [-0.1, -0.05) is 0 Å². The fraction of sp³-hybridized carbons (Fsp3) is 0.286. The van der Waals surface area contributed by atoms with E-state index >= 15 is 0 Å². The number of nitrogens with zero attached hydrogens (tertiary/aromatic N) is 6. The molecule has 32 heavy (non-hydrogen) atoms. The van der Waals surface area contributed by atoms with Crippen LogP contribution in [0.3, 0.4) is 0 Å². The van der Waals surface area contributed by atoms with E-state index in [1.165, 1.54) is 0 Å². The summed E-state index contributed by atoms with van der Waals surface area (Å²) >= 11 is 3.34. The van der Waals surface area contributed by atoms with Crippen LogP contribution >= 0.6 is 5.51 Å². The standard InChI is InChI=1S/C21H27N6O3PSe/c1-25(2)22-13-16-7-10-19(28-16)31(32,20-11-8-17(29-20)14-23-26(3)4)21-12-9-18(30-21)15-24-27(5)6/h7-15H,1-6H3. The zero-order valence-electron chi connectivity index (χ0n) is 19.0. The average Bonchev–Trinajstić information content (AvgIpc) is 3.49. The van der Waals surface area contributed by atoms with Crippen LogP contribution in [0.15, 0.2) is 65.0 Å². The molecule has 0 aliphatic rings. The topological polar surface area (TPSA) is 86.2 Å². The molecule has 0 saturated heterocycles. The van der Waals surface area contributed by atoms with Crippen molar-refractivity contribution in [3.05, 3.63) is 53.7 Å². The monoisotopic (exact) mass is 522 g/mol. The zero-order chi connectivity index (χ0) is 23.3. The van der Waals surface area contributed by atoms with E-state index in [-0.39, 0.29) is 0 Å². The van der Waals surface area contributed by atoms with E-state index in [1.54, 1.807) is 33.7 Å². The summed E-state index contributed by atoms with van der Waals surface area (Å²) in [6.07, 6.45) is 5.01. The predicted molar refractivity (Wildman–Crippen MR) is 132 cm³/mol. The molecule has 0 radical (unpaired) electrons. The van der Waals surface area contributed by atoms with Crippen LogP contribution in [0.5, 0.6) is 0 Å². The molecule has 0 aromatic carbocycles. The molecular formula is C21H27N6O3PSe. The van der Waals surface area contributed by atoms with Crippen molar-refractivity contribution in [1.82, 2.24) is 15.0 Å². The van der Waals surface area contributed by atoms with Crippen LogP contribution in [0.25, 0.3) is 0 Å². The molecule has 3 aromatic heterocycles. The van der Waals surface area contributed by atoms with Crippen molar-refractivity contribution in [3.63, 3.8) is 0 Å². The summed E-state index contributed by atoms with van der Waals surface area (Å²) in [5.74, 6) is 1.90. The molecule has 170 valence electrons. The van der Waals surface area contributed by atoms with Gasteiger partial charge < -0.3 is 0 Å². The average molecular weight is 521 g/mol. The minimum atomic E-state index is -2.46. The number of rotatable bonds is 9. The fourth-order valence-electron chi connectivity index (χ4n) is 2.59. The van der Waals surface area contributed by atoms with Crippen molar-refractivity contribution in [2.45, 2.75) is 0 Å². The minimum absolute atomic E-state index is 0.634. The Balaban J connectivity index is 2.07. The summed E-state index contributed by atoms with van der Waals surface area (Å²) in [6, 6.07) is 11.4. The molecular weight excluding hydrogens is 494 g/mol. The molecule has 0 amide bonds. The summed E-state index contributed by atoms with van der Waals surface area (Å²) in [7, 11) is 11.1. The first-order valence-corrected chi connectivity index (χ1v) is 13.7. The van der Waals surface area contributed by atoms with E-state index in [1.807, 2.05) is 78.7 Å². The molecule has 0 N–H and O–H groups in total. The third-order valence-electron chi connectivity index (χ3n) is 4.02. The van der Waals surface area contributed by atoms with Gasteiger partial charge in [-0.2, -0.15) is 0 Å². The maximum absolute atomic E-state index is 6.16. The van der Waals surface area contributed by atoms with Crippen molar-refractivity contribution in [1.29, 1.82) is 0 Å². The summed E-state index contributed by atoms with van der Waals surface area (Å²) in [5, 5.41) is 17.9. The van der Waals surface area contributed by atoms with Gasteiger partial charge >= 0.3 is 195 Å². The third kappa shape index (κ3) is 5.71. The van der Waals surface area contributed by atoms with Gasteiger partial charge in [0.2, 0.25) is 0 Å². The molecule has 3 heterocycles. The first-order chi connectivity index (χ1) is 15.2. The second-order valence-corrected chi connectivity index (χ2v) is 13.4. The predicted octanol–water partition coefficient (Wildman–Crippen LogP) is 1.53. The first kappa shape index (κ1) is 23.9. The van der Waals surface area contributed by atoms with E-state index in [0.717, 1.165) is 0 Å². The Hall–Kier alpha value is -2.80. The summed E-state index contributed by atoms with van der Waals surface area (Å²) in [4.78, 5) is 0. The molecule has 3 rings (SSSR count). The Morgan fingerprint density at radius 3 is 1.12 bits per heavy atom. The van der Waals surface area contributed by atoms with Crippen LogP contribution in [0.1, 0.15) is 17.3 Å². The SMILES string of the molecule is CN(C)N=Cc1ccc(P(=[Se])(c2ccc(C=NN(C)C)o2)c2ccc(C=NN(C)C)o2)o1. The Bertz CT molecular complexity index is 1030. The molecule has 0 aliphatic carbocycles. The summed E-state index contributed by atoms with van der Waals surface area (Å²) in [5.41, 5.74) is -0.308. The summed E-state index contributed by atoms with van der Waals surface area (Å²) < 4.78 is 18.5. The van der Waals surface area contributed by atoms with E-state index < -0.39 is 5.51 Å². The Labute approximate surface area is 195 Å². The second kappa shape index (κ2) is 10.2. The van der Waals surface area contributed by atoms with Crippen LogP contribution in [0.2, 0.25) is 0 Å². The second-order valence-electron chi connectivity index (χ2n) is 7.41. The van der Waals surface area contributed by atoms with E-state index in [4.69, 9.17) is 13.3 Å². The molecule has 3 aromatic rings. The molecule has 0 atom stereocenters. The number of hydrogen-bond donors (Lipinski definition) is 0. The molecule has 9 nitrogen and oxygen atoms in total. The van der Waals surface area contributed by atoms with Crippen LogP contribution in [0.4, 0.5) is 0 Å². The number of furan rings is 3. The Morgan fingerprint density at radius 2 is 0.875 bits per heavy atom. The zero-order valence-corrected chi connectivity index (χ0v) is 21.6. The maximum atomic E-state index is 6.16. The van der Waals surface area contributed by atoms with Gasteiger partial charge in [0.25, 0.3) is 0 Å². The fourth-order valence-corrected chi connectivity index (χ4v) is 6.65. The molecule has 0 aliphatic heterocycles. The van der Waals surface area contributed by atoms with Gasteiger partial charge in [0, 0.05) is 0 Å². The van der Waals surface area contributed by atoms with E-state index in [0.29, 0.717) is 33.8 Å². The molecule has 0 unspecified atom stereocenters.